The van der Waals surface area contributed by atoms with E-state index in [2.05, 4.69) is 38.3 Å². The number of nitrogens with zero attached hydrogens (tertiary/aromatic N) is 4. The van der Waals surface area contributed by atoms with Gasteiger partial charge in [0.2, 0.25) is 0 Å². The zero-order valence-electron chi connectivity index (χ0n) is 15.0. The minimum atomic E-state index is 0. The molecule has 5 nitrogen and oxygen atoms in total. The molecule has 1 aliphatic heterocycles. The number of hydrogen-bond acceptors (Lipinski definition) is 6. The number of hydrogen-bond donors (Lipinski definition) is 1. The van der Waals surface area contributed by atoms with Crippen LogP contribution in [0.3, 0.4) is 0 Å². The molecule has 1 saturated heterocycles. The van der Waals surface area contributed by atoms with E-state index in [1.807, 2.05) is 35.8 Å². The second-order valence-electron chi connectivity index (χ2n) is 6.45. The SMILES string of the molecule is CN1CCCC(c2ccc(Nc3cccc(-c4nccs4)n3)nc2)C1.Cl.Cl. The van der Waals surface area contributed by atoms with Crippen molar-refractivity contribution in [3.05, 3.63) is 53.7 Å². The fourth-order valence-electron chi connectivity index (χ4n) is 3.26. The molecule has 3 aromatic heterocycles. The highest BCUT2D eigenvalue weighted by atomic mass is 35.5. The maximum atomic E-state index is 4.62. The first kappa shape index (κ1) is 21.6. The molecule has 144 valence electrons. The van der Waals surface area contributed by atoms with Crippen molar-refractivity contribution in [1.29, 1.82) is 0 Å². The molecule has 0 aromatic carbocycles. The van der Waals surface area contributed by atoms with Gasteiger partial charge in [0.05, 0.1) is 0 Å². The summed E-state index contributed by atoms with van der Waals surface area (Å²) < 4.78 is 0. The lowest BCUT2D eigenvalue weighted by atomic mass is 9.92. The first-order chi connectivity index (χ1) is 12.3. The average Bonchev–Trinajstić information content (AvgIpc) is 3.17. The predicted molar refractivity (Wildman–Crippen MR) is 117 cm³/mol. The number of aromatic nitrogens is 3. The summed E-state index contributed by atoms with van der Waals surface area (Å²) in [4.78, 5) is 15.9. The van der Waals surface area contributed by atoms with Gasteiger partial charge >= 0.3 is 0 Å². The molecule has 3 aromatic rings. The number of halogens is 2. The quantitative estimate of drug-likeness (QED) is 0.639. The van der Waals surface area contributed by atoms with E-state index < -0.39 is 0 Å². The van der Waals surface area contributed by atoms with Gasteiger partial charge < -0.3 is 10.2 Å². The Bertz CT molecular complexity index is 826. The highest BCUT2D eigenvalue weighted by Gasteiger charge is 2.19. The van der Waals surface area contributed by atoms with Crippen LogP contribution < -0.4 is 5.32 Å². The van der Waals surface area contributed by atoms with Gasteiger partial charge in [-0.05, 0) is 56.1 Å². The lowest BCUT2D eigenvalue weighted by Crippen LogP contribution is -2.30. The molecule has 0 saturated carbocycles. The molecule has 0 radical (unpaired) electrons. The van der Waals surface area contributed by atoms with Gasteiger partial charge in [-0.1, -0.05) is 12.1 Å². The second kappa shape index (κ2) is 9.99. The van der Waals surface area contributed by atoms with Gasteiger partial charge in [-0.15, -0.1) is 36.2 Å². The maximum Gasteiger partial charge on any atom is 0.141 e. The standard InChI is InChI=1S/C19H21N5S.2ClH/c1-24-10-3-4-15(13-24)14-7-8-17(21-12-14)23-18-6-2-5-16(22-18)19-20-9-11-25-19;;/h2,5-9,11-12,15H,3-4,10,13H2,1H3,(H,21,22,23);2*1H. The van der Waals surface area contributed by atoms with Crippen LogP contribution in [-0.2, 0) is 0 Å². The van der Waals surface area contributed by atoms with Gasteiger partial charge in [0.25, 0.3) is 0 Å². The van der Waals surface area contributed by atoms with Gasteiger partial charge in [0.1, 0.15) is 22.3 Å². The smallest absolute Gasteiger partial charge is 0.141 e. The summed E-state index contributed by atoms with van der Waals surface area (Å²) in [7, 11) is 2.19. The number of rotatable bonds is 4. The molecule has 1 atom stereocenters. The van der Waals surface area contributed by atoms with E-state index in [1.54, 1.807) is 17.5 Å². The number of thiazole rings is 1. The summed E-state index contributed by atoms with van der Waals surface area (Å²) >= 11 is 1.59. The monoisotopic (exact) mass is 423 g/mol. The molecule has 1 fully saturated rings. The van der Waals surface area contributed by atoms with Crippen molar-refractivity contribution in [1.82, 2.24) is 19.9 Å². The molecule has 1 N–H and O–H groups in total. The molecule has 8 heteroatoms. The third-order valence-electron chi connectivity index (χ3n) is 4.54. The predicted octanol–water partition coefficient (Wildman–Crippen LogP) is 5.00. The molecule has 1 aliphatic rings. The Morgan fingerprint density at radius 2 is 2.00 bits per heavy atom. The Hall–Kier alpha value is -1.73. The van der Waals surface area contributed by atoms with E-state index in [0.29, 0.717) is 5.92 Å². The number of nitrogens with one attached hydrogen (secondary N) is 1. The third kappa shape index (κ3) is 5.39. The lowest BCUT2D eigenvalue weighted by Gasteiger charge is -2.29. The van der Waals surface area contributed by atoms with E-state index >= 15 is 0 Å². The fraction of sp³-hybridized carbons (Fsp3) is 0.316. The van der Waals surface area contributed by atoms with Crippen LogP contribution >= 0.6 is 36.2 Å². The zero-order valence-corrected chi connectivity index (χ0v) is 17.5. The molecular formula is C19H23Cl2N5S. The number of anilines is 2. The van der Waals surface area contributed by atoms with Crippen molar-refractivity contribution in [2.24, 2.45) is 0 Å². The largest absolute Gasteiger partial charge is 0.325 e. The van der Waals surface area contributed by atoms with Crippen LogP contribution in [0, 0.1) is 0 Å². The summed E-state index contributed by atoms with van der Waals surface area (Å²) in [5.41, 5.74) is 2.20. The van der Waals surface area contributed by atoms with Gasteiger partial charge in [-0.25, -0.2) is 15.0 Å². The summed E-state index contributed by atoms with van der Waals surface area (Å²) in [6, 6.07) is 10.1. The Labute approximate surface area is 176 Å². The molecule has 0 amide bonds. The second-order valence-corrected chi connectivity index (χ2v) is 7.34. The molecule has 1 unspecified atom stereocenters. The Kier molecular flexibility index (Phi) is 7.98. The van der Waals surface area contributed by atoms with E-state index in [1.165, 1.54) is 24.9 Å². The third-order valence-corrected chi connectivity index (χ3v) is 5.33. The van der Waals surface area contributed by atoms with Crippen molar-refractivity contribution >= 4 is 47.8 Å². The van der Waals surface area contributed by atoms with Crippen molar-refractivity contribution in [2.45, 2.75) is 18.8 Å². The fourth-order valence-corrected chi connectivity index (χ4v) is 3.87. The Morgan fingerprint density at radius 1 is 1.11 bits per heavy atom. The number of likely N-dealkylation sites (N-methyl/N-ethyl adjacent to an activating group) is 1. The van der Waals surface area contributed by atoms with Gasteiger partial charge in [-0.3, -0.25) is 0 Å². The van der Waals surface area contributed by atoms with E-state index in [9.17, 15) is 0 Å². The Morgan fingerprint density at radius 3 is 2.70 bits per heavy atom. The van der Waals surface area contributed by atoms with Crippen LogP contribution in [0.2, 0.25) is 0 Å². The lowest BCUT2D eigenvalue weighted by molar-refractivity contribution is 0.250. The van der Waals surface area contributed by atoms with Crippen molar-refractivity contribution in [3.63, 3.8) is 0 Å². The molecule has 4 heterocycles. The van der Waals surface area contributed by atoms with Gasteiger partial charge in [0.15, 0.2) is 0 Å². The summed E-state index contributed by atoms with van der Waals surface area (Å²) in [6.45, 7) is 2.32. The van der Waals surface area contributed by atoms with Crippen molar-refractivity contribution < 1.29 is 0 Å². The topological polar surface area (TPSA) is 53.9 Å². The molecule has 0 aliphatic carbocycles. The van der Waals surface area contributed by atoms with Gasteiger partial charge in [0, 0.05) is 24.3 Å². The first-order valence-electron chi connectivity index (χ1n) is 8.56. The van der Waals surface area contributed by atoms with E-state index in [0.717, 1.165) is 28.9 Å². The number of pyridine rings is 2. The highest BCUT2D eigenvalue weighted by molar-refractivity contribution is 7.13. The van der Waals surface area contributed by atoms with Crippen LogP contribution in [0.15, 0.2) is 48.1 Å². The average molecular weight is 424 g/mol. The van der Waals surface area contributed by atoms with Crippen molar-refractivity contribution in [3.8, 4) is 10.7 Å². The van der Waals surface area contributed by atoms with Gasteiger partial charge in [-0.2, -0.15) is 0 Å². The molecule has 27 heavy (non-hydrogen) atoms. The first-order valence-corrected chi connectivity index (χ1v) is 9.44. The van der Waals surface area contributed by atoms with Crippen LogP contribution in [0.4, 0.5) is 11.6 Å². The molecular weight excluding hydrogens is 401 g/mol. The van der Waals surface area contributed by atoms with Crippen LogP contribution in [0.5, 0.6) is 0 Å². The molecule has 0 spiro atoms. The maximum absolute atomic E-state index is 4.62. The molecule has 0 bridgehead atoms. The summed E-state index contributed by atoms with van der Waals surface area (Å²) in [6.07, 6.45) is 6.30. The normalized spacial score (nSPS) is 16.9. The molecule has 4 rings (SSSR count). The number of likely N-dealkylation sites (tertiary alicyclic amines) is 1. The van der Waals surface area contributed by atoms with Crippen LogP contribution in [0.1, 0.15) is 24.3 Å². The minimum Gasteiger partial charge on any atom is -0.325 e. The van der Waals surface area contributed by atoms with Crippen LogP contribution in [0.25, 0.3) is 10.7 Å². The summed E-state index contributed by atoms with van der Waals surface area (Å²) in [5.74, 6) is 2.19. The van der Waals surface area contributed by atoms with Crippen LogP contribution in [-0.4, -0.2) is 40.0 Å². The van der Waals surface area contributed by atoms with E-state index in [4.69, 9.17) is 0 Å². The highest BCUT2D eigenvalue weighted by Crippen LogP contribution is 2.27. The minimum absolute atomic E-state index is 0. The van der Waals surface area contributed by atoms with Crippen molar-refractivity contribution in [2.75, 3.05) is 25.5 Å². The summed E-state index contributed by atoms with van der Waals surface area (Å²) in [5, 5.41) is 6.17. The zero-order chi connectivity index (χ0) is 17.1. The number of piperidine rings is 1. The van der Waals surface area contributed by atoms with E-state index in [-0.39, 0.29) is 24.8 Å². The Balaban J connectivity index is 0.00000131.